The molecule has 1 amide bonds. The minimum Gasteiger partial charge on any atom is -0.382 e. The zero-order valence-corrected chi connectivity index (χ0v) is 18.5. The maximum atomic E-state index is 11.3. The number of nitrogens with one attached hydrogen (secondary N) is 1. The zero-order valence-electron chi connectivity index (χ0n) is 16.1. The number of aliphatic imine (C=N–C) groups is 1. The molecule has 0 radical (unpaired) electrons. The number of carbonyl (C=O) groups is 1. The number of benzene rings is 1. The van der Waals surface area contributed by atoms with Gasteiger partial charge in [-0.05, 0) is 31.0 Å². The van der Waals surface area contributed by atoms with E-state index in [1.807, 2.05) is 12.1 Å². The second-order valence-electron chi connectivity index (χ2n) is 6.40. The summed E-state index contributed by atoms with van der Waals surface area (Å²) in [5, 5.41) is 3.35. The normalized spacial score (nSPS) is 16.9. The predicted molar refractivity (Wildman–Crippen MR) is 118 cm³/mol. The summed E-state index contributed by atoms with van der Waals surface area (Å²) >= 11 is 0. The van der Waals surface area contributed by atoms with Gasteiger partial charge in [-0.15, -0.1) is 24.0 Å². The lowest BCUT2D eigenvalue weighted by Gasteiger charge is -2.21. The average molecular weight is 490 g/mol. The average Bonchev–Trinajstić information content (AvgIpc) is 3.11. The van der Waals surface area contributed by atoms with Crippen LogP contribution in [0.3, 0.4) is 0 Å². The lowest BCUT2D eigenvalue weighted by Crippen LogP contribution is -2.40. The predicted octanol–water partition coefficient (Wildman–Crippen LogP) is 1.85. The molecule has 1 aliphatic heterocycles. The smallest absolute Gasteiger partial charge is 0.248 e. The molecule has 1 fully saturated rings. The minimum atomic E-state index is -0.418. The van der Waals surface area contributed by atoms with Crippen molar-refractivity contribution in [1.29, 1.82) is 0 Å². The van der Waals surface area contributed by atoms with Crippen LogP contribution in [0.25, 0.3) is 0 Å². The van der Waals surface area contributed by atoms with Crippen molar-refractivity contribution in [3.63, 3.8) is 0 Å². The van der Waals surface area contributed by atoms with E-state index in [4.69, 9.17) is 20.2 Å². The fourth-order valence-corrected chi connectivity index (χ4v) is 2.97. The summed E-state index contributed by atoms with van der Waals surface area (Å²) in [6.07, 6.45) is 1.09. The molecule has 1 heterocycles. The second kappa shape index (κ2) is 12.9. The van der Waals surface area contributed by atoms with Crippen molar-refractivity contribution in [2.45, 2.75) is 19.9 Å². The molecule has 1 aromatic rings. The monoisotopic (exact) mass is 490 g/mol. The maximum Gasteiger partial charge on any atom is 0.248 e. The number of methoxy groups -OCH3 is 1. The lowest BCUT2D eigenvalue weighted by atomic mass is 10.1. The van der Waals surface area contributed by atoms with Crippen LogP contribution in [-0.4, -0.2) is 63.3 Å². The molecule has 2 rings (SSSR count). The van der Waals surface area contributed by atoms with E-state index in [0.717, 1.165) is 44.2 Å². The van der Waals surface area contributed by atoms with E-state index in [0.29, 0.717) is 31.2 Å². The number of hydrogen-bond acceptors (Lipinski definition) is 4. The number of likely N-dealkylation sites (tertiary alicyclic amines) is 1. The number of amides is 1. The molecule has 0 spiro atoms. The van der Waals surface area contributed by atoms with Crippen LogP contribution < -0.4 is 11.1 Å². The Morgan fingerprint density at radius 1 is 1.41 bits per heavy atom. The molecule has 0 bridgehead atoms. The summed E-state index contributed by atoms with van der Waals surface area (Å²) < 4.78 is 10.7. The third-order valence-corrected chi connectivity index (χ3v) is 4.33. The Kier molecular flexibility index (Phi) is 11.3. The molecule has 152 valence electrons. The van der Waals surface area contributed by atoms with Gasteiger partial charge in [-0.25, -0.2) is 4.99 Å². The van der Waals surface area contributed by atoms with Gasteiger partial charge >= 0.3 is 0 Å². The van der Waals surface area contributed by atoms with Gasteiger partial charge in [0.25, 0.3) is 0 Å². The summed E-state index contributed by atoms with van der Waals surface area (Å²) in [5.41, 5.74) is 6.82. The molecule has 1 atom stereocenters. The van der Waals surface area contributed by atoms with E-state index in [-0.39, 0.29) is 24.0 Å². The highest BCUT2D eigenvalue weighted by molar-refractivity contribution is 14.0. The van der Waals surface area contributed by atoms with Crippen molar-refractivity contribution in [3.8, 4) is 0 Å². The third kappa shape index (κ3) is 8.02. The van der Waals surface area contributed by atoms with E-state index < -0.39 is 5.91 Å². The number of primary amides is 1. The standard InChI is InChI=1S/C19H30N4O3.HI/c1-3-21-19(22-12-15-5-4-6-17(11-15)18(20)24)23-8-7-16(13-23)14-26-10-9-25-2;/h4-6,11,16H,3,7-10,12-14H2,1-2H3,(H2,20,24)(H,21,22);1H. The van der Waals surface area contributed by atoms with Crippen LogP contribution in [0, 0.1) is 5.92 Å². The van der Waals surface area contributed by atoms with Gasteiger partial charge in [-0.1, -0.05) is 12.1 Å². The van der Waals surface area contributed by atoms with Crippen LogP contribution >= 0.6 is 24.0 Å². The summed E-state index contributed by atoms with van der Waals surface area (Å²) in [4.78, 5) is 18.3. The largest absolute Gasteiger partial charge is 0.382 e. The van der Waals surface area contributed by atoms with Gasteiger partial charge in [0.05, 0.1) is 26.4 Å². The lowest BCUT2D eigenvalue weighted by molar-refractivity contribution is 0.0536. The van der Waals surface area contributed by atoms with E-state index in [2.05, 4.69) is 17.1 Å². The molecule has 0 saturated carbocycles. The molecule has 3 N–H and O–H groups in total. The topological polar surface area (TPSA) is 89.2 Å². The number of nitrogens with zero attached hydrogens (tertiary/aromatic N) is 2. The Morgan fingerprint density at radius 3 is 2.93 bits per heavy atom. The van der Waals surface area contributed by atoms with Crippen LogP contribution in [0.2, 0.25) is 0 Å². The number of guanidine groups is 1. The number of hydrogen-bond donors (Lipinski definition) is 2. The van der Waals surface area contributed by atoms with Crippen molar-refractivity contribution < 1.29 is 14.3 Å². The van der Waals surface area contributed by atoms with E-state index in [9.17, 15) is 4.79 Å². The molecule has 8 heteroatoms. The van der Waals surface area contributed by atoms with Crippen molar-refractivity contribution in [3.05, 3.63) is 35.4 Å². The first-order valence-corrected chi connectivity index (χ1v) is 9.12. The van der Waals surface area contributed by atoms with E-state index in [1.54, 1.807) is 19.2 Å². The van der Waals surface area contributed by atoms with Gasteiger partial charge < -0.3 is 25.4 Å². The number of carbonyl (C=O) groups excluding carboxylic acids is 1. The Balaban J connectivity index is 0.00000364. The first-order chi connectivity index (χ1) is 12.6. The zero-order chi connectivity index (χ0) is 18.8. The second-order valence-corrected chi connectivity index (χ2v) is 6.40. The van der Waals surface area contributed by atoms with Crippen molar-refractivity contribution in [1.82, 2.24) is 10.2 Å². The highest BCUT2D eigenvalue weighted by Gasteiger charge is 2.24. The van der Waals surface area contributed by atoms with Crippen LogP contribution in [0.1, 0.15) is 29.3 Å². The summed E-state index contributed by atoms with van der Waals surface area (Å²) in [7, 11) is 1.68. The van der Waals surface area contributed by atoms with Gasteiger partial charge in [0.2, 0.25) is 5.91 Å². The van der Waals surface area contributed by atoms with E-state index in [1.165, 1.54) is 0 Å². The van der Waals surface area contributed by atoms with Crippen molar-refractivity contribution >= 4 is 35.8 Å². The fourth-order valence-electron chi connectivity index (χ4n) is 2.97. The van der Waals surface area contributed by atoms with E-state index >= 15 is 0 Å². The molecule has 27 heavy (non-hydrogen) atoms. The molecule has 0 aliphatic carbocycles. The fraction of sp³-hybridized carbons (Fsp3) is 0.579. The van der Waals surface area contributed by atoms with Gasteiger partial charge in [0, 0.05) is 38.2 Å². The molecule has 0 aromatic heterocycles. The molecule has 1 aromatic carbocycles. The molecule has 1 aliphatic rings. The van der Waals surface area contributed by atoms with Gasteiger partial charge in [0.1, 0.15) is 0 Å². The van der Waals surface area contributed by atoms with Crippen LogP contribution in [0.4, 0.5) is 0 Å². The molecular formula is C19H31IN4O3. The third-order valence-electron chi connectivity index (χ3n) is 4.33. The Labute approximate surface area is 178 Å². The highest BCUT2D eigenvalue weighted by Crippen LogP contribution is 2.17. The minimum absolute atomic E-state index is 0. The summed E-state index contributed by atoms with van der Waals surface area (Å²) in [5.74, 6) is 0.990. The van der Waals surface area contributed by atoms with Crippen LogP contribution in [0.5, 0.6) is 0 Å². The number of rotatable bonds is 9. The van der Waals surface area contributed by atoms with Gasteiger partial charge in [0.15, 0.2) is 5.96 Å². The van der Waals surface area contributed by atoms with Crippen LogP contribution in [0.15, 0.2) is 29.3 Å². The Morgan fingerprint density at radius 2 is 2.22 bits per heavy atom. The van der Waals surface area contributed by atoms with Gasteiger partial charge in [-0.2, -0.15) is 0 Å². The number of halogens is 1. The first-order valence-electron chi connectivity index (χ1n) is 9.12. The quantitative estimate of drug-likeness (QED) is 0.239. The molecule has 1 unspecified atom stereocenters. The van der Waals surface area contributed by atoms with Crippen molar-refractivity contribution in [2.24, 2.45) is 16.6 Å². The van der Waals surface area contributed by atoms with Crippen LogP contribution in [-0.2, 0) is 16.0 Å². The Hall–Kier alpha value is -1.39. The van der Waals surface area contributed by atoms with Gasteiger partial charge in [-0.3, -0.25) is 4.79 Å². The summed E-state index contributed by atoms with van der Waals surface area (Å²) in [6.45, 7) is 7.29. The summed E-state index contributed by atoms with van der Waals surface area (Å²) in [6, 6.07) is 7.30. The first kappa shape index (κ1) is 23.6. The number of ether oxygens (including phenoxy) is 2. The maximum absolute atomic E-state index is 11.3. The molecule has 7 nitrogen and oxygen atoms in total. The number of nitrogens with two attached hydrogens (primary N) is 1. The Bertz CT molecular complexity index is 612. The van der Waals surface area contributed by atoms with Crippen molar-refractivity contribution in [2.75, 3.05) is 46.6 Å². The SMILES string of the molecule is CCNC(=NCc1cccc(C(N)=O)c1)N1CCC(COCCOC)C1.I. The molecular weight excluding hydrogens is 459 g/mol. The molecule has 1 saturated heterocycles. The highest BCUT2D eigenvalue weighted by atomic mass is 127.